The lowest BCUT2D eigenvalue weighted by Gasteiger charge is -2.17. The highest BCUT2D eigenvalue weighted by molar-refractivity contribution is 4.72. The normalized spacial score (nSPS) is 14.6. The van der Waals surface area contributed by atoms with Crippen molar-refractivity contribution in [3.63, 3.8) is 0 Å². The predicted octanol–water partition coefficient (Wildman–Crippen LogP) is 0.840. The predicted molar refractivity (Wildman–Crippen MR) is 48.3 cm³/mol. The molecule has 3 N–H and O–H groups in total. The molecule has 0 rings (SSSR count). The Morgan fingerprint density at radius 3 is 2.40 bits per heavy atom. The van der Waals surface area contributed by atoms with E-state index in [1.165, 1.54) is 7.11 Å². The molecule has 0 aromatic rings. The average Bonchev–Trinajstić information content (AvgIpc) is 2.18. The van der Waals surface area contributed by atoms with Crippen molar-refractivity contribution < 1.29 is 22.3 Å². The summed E-state index contributed by atoms with van der Waals surface area (Å²) in [6, 6.07) is 0. The molecular formula is C8H16F4N2O. The second-order valence-electron chi connectivity index (χ2n) is 3.12. The summed E-state index contributed by atoms with van der Waals surface area (Å²) >= 11 is 0. The summed E-state index contributed by atoms with van der Waals surface area (Å²) in [5.41, 5.74) is 5.28. The van der Waals surface area contributed by atoms with E-state index in [1.807, 2.05) is 0 Å². The molecule has 0 aromatic carbocycles. The van der Waals surface area contributed by atoms with E-state index in [0.717, 1.165) is 0 Å². The summed E-state index contributed by atoms with van der Waals surface area (Å²) in [7, 11) is 1.45. The first-order valence-electron chi connectivity index (χ1n) is 4.53. The van der Waals surface area contributed by atoms with Gasteiger partial charge in [0, 0.05) is 13.7 Å². The number of hydrogen-bond acceptors (Lipinski definition) is 3. The fourth-order valence-electron chi connectivity index (χ4n) is 0.927. The van der Waals surface area contributed by atoms with Crippen LogP contribution in [0.4, 0.5) is 17.6 Å². The molecule has 0 aromatic heterocycles. The van der Waals surface area contributed by atoms with Crippen LogP contribution in [0.15, 0.2) is 0 Å². The van der Waals surface area contributed by atoms with Gasteiger partial charge in [-0.05, 0) is 13.0 Å². The Bertz CT molecular complexity index is 165. The van der Waals surface area contributed by atoms with Gasteiger partial charge in [0.05, 0.1) is 12.6 Å². The van der Waals surface area contributed by atoms with Crippen LogP contribution >= 0.6 is 0 Å². The highest BCUT2D eigenvalue weighted by atomic mass is 19.3. The lowest BCUT2D eigenvalue weighted by Crippen LogP contribution is -2.40. The molecule has 0 amide bonds. The van der Waals surface area contributed by atoms with Gasteiger partial charge in [0.2, 0.25) is 0 Å². The van der Waals surface area contributed by atoms with Gasteiger partial charge in [0.15, 0.2) is 0 Å². The first-order chi connectivity index (χ1) is 6.94. The van der Waals surface area contributed by atoms with Crippen molar-refractivity contribution in [3.05, 3.63) is 0 Å². The number of hydrogen-bond donors (Lipinski definition) is 2. The van der Waals surface area contributed by atoms with Crippen LogP contribution in [0.5, 0.6) is 0 Å². The summed E-state index contributed by atoms with van der Waals surface area (Å²) in [4.78, 5) is 0. The highest BCUT2D eigenvalue weighted by Gasteiger charge is 2.39. The zero-order valence-electron chi connectivity index (χ0n) is 8.48. The van der Waals surface area contributed by atoms with Gasteiger partial charge < -0.3 is 15.8 Å². The minimum atomic E-state index is -3.98. The van der Waals surface area contributed by atoms with Gasteiger partial charge in [-0.15, -0.1) is 0 Å². The fraction of sp³-hybridized carbons (Fsp3) is 1.00. The quantitative estimate of drug-likeness (QED) is 0.481. The summed E-state index contributed by atoms with van der Waals surface area (Å²) in [5.74, 6) is -3.98. The minimum Gasteiger partial charge on any atom is -0.380 e. The molecule has 0 saturated heterocycles. The van der Waals surface area contributed by atoms with Gasteiger partial charge >= 0.3 is 12.3 Å². The zero-order valence-corrected chi connectivity index (χ0v) is 8.48. The molecule has 0 saturated carbocycles. The minimum absolute atomic E-state index is 0.165. The summed E-state index contributed by atoms with van der Waals surface area (Å²) in [6.07, 6.45) is -3.47. The Morgan fingerprint density at radius 2 is 2.00 bits per heavy atom. The maximum absolute atomic E-state index is 12.4. The third-order valence-corrected chi connectivity index (χ3v) is 1.92. The number of nitrogens with one attached hydrogen (secondary N) is 1. The largest absolute Gasteiger partial charge is 0.380 e. The SMILES string of the molecule is COC(CN)CCNCC(F)(F)C(F)F. The van der Waals surface area contributed by atoms with E-state index in [2.05, 4.69) is 5.32 Å². The lowest BCUT2D eigenvalue weighted by atomic mass is 10.2. The van der Waals surface area contributed by atoms with Gasteiger partial charge in [-0.1, -0.05) is 0 Å². The van der Waals surface area contributed by atoms with Gasteiger partial charge in [0.25, 0.3) is 0 Å². The van der Waals surface area contributed by atoms with Crippen molar-refractivity contribution in [3.8, 4) is 0 Å². The lowest BCUT2D eigenvalue weighted by molar-refractivity contribution is -0.125. The van der Waals surface area contributed by atoms with E-state index in [9.17, 15) is 17.6 Å². The van der Waals surface area contributed by atoms with Crippen LogP contribution in [0.3, 0.4) is 0 Å². The maximum atomic E-state index is 12.4. The Morgan fingerprint density at radius 1 is 1.40 bits per heavy atom. The topological polar surface area (TPSA) is 47.3 Å². The molecule has 0 aliphatic carbocycles. The van der Waals surface area contributed by atoms with Crippen LogP contribution < -0.4 is 11.1 Å². The Balaban J connectivity index is 3.62. The first-order valence-corrected chi connectivity index (χ1v) is 4.53. The average molecular weight is 232 g/mol. The number of rotatable bonds is 8. The molecular weight excluding hydrogens is 216 g/mol. The van der Waals surface area contributed by atoms with Crippen LogP contribution in [0.25, 0.3) is 0 Å². The van der Waals surface area contributed by atoms with Crippen molar-refractivity contribution in [2.75, 3.05) is 26.7 Å². The molecule has 0 fully saturated rings. The van der Waals surface area contributed by atoms with Gasteiger partial charge in [-0.25, -0.2) is 8.78 Å². The van der Waals surface area contributed by atoms with Crippen molar-refractivity contribution in [1.29, 1.82) is 0 Å². The molecule has 0 aliphatic rings. The van der Waals surface area contributed by atoms with Crippen LogP contribution in [0.1, 0.15) is 6.42 Å². The molecule has 15 heavy (non-hydrogen) atoms. The zero-order chi connectivity index (χ0) is 11.9. The van der Waals surface area contributed by atoms with Crippen LogP contribution in [0.2, 0.25) is 0 Å². The van der Waals surface area contributed by atoms with Gasteiger partial charge in [-0.3, -0.25) is 0 Å². The first kappa shape index (κ1) is 14.6. The van der Waals surface area contributed by atoms with E-state index in [0.29, 0.717) is 6.42 Å². The molecule has 1 unspecified atom stereocenters. The maximum Gasteiger partial charge on any atom is 0.319 e. The van der Waals surface area contributed by atoms with Crippen LogP contribution in [0, 0.1) is 0 Å². The molecule has 0 aliphatic heterocycles. The smallest absolute Gasteiger partial charge is 0.319 e. The Hall–Kier alpha value is -0.400. The molecule has 3 nitrogen and oxygen atoms in total. The van der Waals surface area contributed by atoms with Crippen molar-refractivity contribution in [2.45, 2.75) is 24.9 Å². The molecule has 0 spiro atoms. The molecule has 0 radical (unpaired) electrons. The van der Waals surface area contributed by atoms with Crippen molar-refractivity contribution in [1.82, 2.24) is 5.32 Å². The van der Waals surface area contributed by atoms with Crippen molar-refractivity contribution >= 4 is 0 Å². The molecule has 92 valence electrons. The molecule has 0 heterocycles. The van der Waals surface area contributed by atoms with Gasteiger partial charge in [0.1, 0.15) is 0 Å². The second kappa shape index (κ2) is 6.97. The number of nitrogens with two attached hydrogens (primary N) is 1. The monoisotopic (exact) mass is 232 g/mol. The number of halogens is 4. The van der Waals surface area contributed by atoms with E-state index in [4.69, 9.17) is 10.5 Å². The molecule has 1 atom stereocenters. The molecule has 7 heteroatoms. The third kappa shape index (κ3) is 5.91. The summed E-state index contributed by atoms with van der Waals surface area (Å²) < 4.78 is 53.0. The van der Waals surface area contributed by atoms with Gasteiger partial charge in [-0.2, -0.15) is 8.78 Å². The second-order valence-corrected chi connectivity index (χ2v) is 3.12. The standard InChI is InChI=1S/C8H16F4N2O/c1-15-6(4-13)2-3-14-5-8(11,12)7(9)10/h6-7,14H,2-5,13H2,1H3. The Labute approximate surface area is 86.0 Å². The molecule has 0 bridgehead atoms. The fourth-order valence-corrected chi connectivity index (χ4v) is 0.927. The van der Waals surface area contributed by atoms with Crippen LogP contribution in [-0.4, -0.2) is 45.2 Å². The van der Waals surface area contributed by atoms with E-state index in [-0.39, 0.29) is 19.2 Å². The third-order valence-electron chi connectivity index (χ3n) is 1.92. The Kier molecular flexibility index (Phi) is 6.78. The van der Waals surface area contributed by atoms with E-state index in [1.54, 1.807) is 0 Å². The summed E-state index contributed by atoms with van der Waals surface area (Å²) in [6.45, 7) is -0.604. The van der Waals surface area contributed by atoms with Crippen molar-refractivity contribution in [2.24, 2.45) is 5.73 Å². The number of ether oxygens (including phenoxy) is 1. The van der Waals surface area contributed by atoms with E-state index >= 15 is 0 Å². The van der Waals surface area contributed by atoms with E-state index < -0.39 is 18.9 Å². The number of alkyl halides is 4. The number of methoxy groups -OCH3 is 1. The summed E-state index contributed by atoms with van der Waals surface area (Å²) in [5, 5.41) is 2.24. The van der Waals surface area contributed by atoms with Crippen LogP contribution in [-0.2, 0) is 4.74 Å². The highest BCUT2D eigenvalue weighted by Crippen LogP contribution is 2.21.